The summed E-state index contributed by atoms with van der Waals surface area (Å²) >= 11 is 0. The van der Waals surface area contributed by atoms with Crippen LogP contribution in [0.5, 0.6) is 0 Å². The lowest BCUT2D eigenvalue weighted by Gasteiger charge is -2.11. The van der Waals surface area contributed by atoms with Crippen molar-refractivity contribution in [3.8, 4) is 0 Å². The molecule has 0 aliphatic heterocycles. The molecule has 0 saturated carbocycles. The molecule has 0 spiro atoms. The summed E-state index contributed by atoms with van der Waals surface area (Å²) in [5.41, 5.74) is 8.58. The molecule has 0 saturated heterocycles. The van der Waals surface area contributed by atoms with Crippen LogP contribution in [-0.2, 0) is 0 Å². The first kappa shape index (κ1) is 11.4. The molecule has 0 heterocycles. The van der Waals surface area contributed by atoms with Crippen molar-refractivity contribution in [2.24, 2.45) is 5.11 Å². The number of benzene rings is 2. The summed E-state index contributed by atoms with van der Waals surface area (Å²) in [6.45, 7) is 0. The summed E-state index contributed by atoms with van der Waals surface area (Å²) in [7, 11) is 0. The van der Waals surface area contributed by atoms with Gasteiger partial charge in [-0.3, -0.25) is 0 Å². The van der Waals surface area contributed by atoms with Crippen LogP contribution in [0.25, 0.3) is 0 Å². The van der Waals surface area contributed by atoms with Crippen LogP contribution in [0.4, 0.5) is 8.78 Å². The normalized spacial score (nSPS) is 10.5. The maximum atomic E-state index is 12.8. The predicted octanol–water partition coefficient (Wildman–Crippen LogP) is 4.09. The molecule has 1 N–H and O–H groups in total. The minimum Gasteiger partial charge on any atom is -0.209 e. The Kier molecular flexibility index (Phi) is 3.23. The molecule has 0 aliphatic carbocycles. The average molecular weight is 232 g/mol. The number of halogens is 2. The topological polar surface area (TPSA) is 36.2 Å². The van der Waals surface area contributed by atoms with Crippen LogP contribution in [0.3, 0.4) is 0 Å². The smallest absolute Gasteiger partial charge is 0.123 e. The van der Waals surface area contributed by atoms with E-state index < -0.39 is 6.04 Å². The van der Waals surface area contributed by atoms with Crippen LogP contribution < -0.4 is 0 Å². The zero-order valence-corrected chi connectivity index (χ0v) is 8.90. The summed E-state index contributed by atoms with van der Waals surface area (Å²) in [5, 5.41) is 3.49. The van der Waals surface area contributed by atoms with E-state index in [1.807, 2.05) is 0 Å². The minimum atomic E-state index is -0.517. The molecule has 0 atom stereocenters. The third kappa shape index (κ3) is 2.53. The maximum absolute atomic E-state index is 12.8. The highest BCUT2D eigenvalue weighted by Gasteiger charge is 2.12. The molecule has 4 heteroatoms. The van der Waals surface area contributed by atoms with Gasteiger partial charge < -0.3 is 0 Å². The third-order valence-electron chi connectivity index (χ3n) is 2.50. The fraction of sp³-hybridized carbons (Fsp3) is 0.0769. The van der Waals surface area contributed by atoms with Gasteiger partial charge in [0, 0.05) is 0 Å². The van der Waals surface area contributed by atoms with Crippen LogP contribution in [0.1, 0.15) is 17.2 Å². The van der Waals surface area contributed by atoms with Crippen LogP contribution in [0, 0.1) is 17.2 Å². The van der Waals surface area contributed by atoms with E-state index in [4.69, 9.17) is 5.53 Å². The van der Waals surface area contributed by atoms with Gasteiger partial charge in [0.25, 0.3) is 0 Å². The van der Waals surface area contributed by atoms with Gasteiger partial charge in [-0.15, -0.1) is 0 Å². The molecule has 0 bridgehead atoms. The van der Waals surface area contributed by atoms with Gasteiger partial charge in [-0.05, 0) is 35.4 Å². The second-order valence-corrected chi connectivity index (χ2v) is 3.63. The zero-order chi connectivity index (χ0) is 12.3. The Labute approximate surface area is 97.4 Å². The molecule has 2 aromatic carbocycles. The van der Waals surface area contributed by atoms with Crippen LogP contribution in [0.15, 0.2) is 53.6 Å². The highest BCUT2D eigenvalue weighted by atomic mass is 19.1. The van der Waals surface area contributed by atoms with Crippen LogP contribution in [0.2, 0.25) is 0 Å². The Bertz CT molecular complexity index is 460. The first-order chi connectivity index (χ1) is 8.20. The molecule has 2 rings (SSSR count). The SMILES string of the molecule is N=NC(c1ccc(F)cc1)c1ccc(F)cc1. The number of hydrogen-bond donors (Lipinski definition) is 1. The summed E-state index contributed by atoms with van der Waals surface area (Å²) in [6.07, 6.45) is 0. The molecule has 0 unspecified atom stereocenters. The van der Waals surface area contributed by atoms with E-state index in [2.05, 4.69) is 5.11 Å². The van der Waals surface area contributed by atoms with Crippen LogP contribution >= 0.6 is 0 Å². The van der Waals surface area contributed by atoms with E-state index in [0.717, 1.165) is 0 Å². The Balaban J connectivity index is 2.36. The minimum absolute atomic E-state index is 0.336. The lowest BCUT2D eigenvalue weighted by Crippen LogP contribution is -1.97. The van der Waals surface area contributed by atoms with Gasteiger partial charge in [0.2, 0.25) is 0 Å². The molecule has 2 aromatic rings. The fourth-order valence-electron chi connectivity index (χ4n) is 1.63. The van der Waals surface area contributed by atoms with Crippen molar-refractivity contribution in [2.45, 2.75) is 6.04 Å². The number of hydrogen-bond acceptors (Lipinski definition) is 2. The van der Waals surface area contributed by atoms with Crippen molar-refractivity contribution in [1.29, 1.82) is 5.53 Å². The molecule has 0 aromatic heterocycles. The van der Waals surface area contributed by atoms with Gasteiger partial charge in [-0.2, -0.15) is 5.11 Å². The number of rotatable bonds is 3. The molecule has 0 radical (unpaired) electrons. The van der Waals surface area contributed by atoms with Gasteiger partial charge in [-0.25, -0.2) is 14.3 Å². The van der Waals surface area contributed by atoms with Crippen molar-refractivity contribution in [3.63, 3.8) is 0 Å². The highest BCUT2D eigenvalue weighted by molar-refractivity contribution is 5.31. The number of nitrogens with zero attached hydrogens (tertiary/aromatic N) is 1. The van der Waals surface area contributed by atoms with Crippen molar-refractivity contribution < 1.29 is 8.78 Å². The van der Waals surface area contributed by atoms with Crippen molar-refractivity contribution in [2.75, 3.05) is 0 Å². The second kappa shape index (κ2) is 4.82. The summed E-state index contributed by atoms with van der Waals surface area (Å²) in [6, 6.07) is 11.0. The fourth-order valence-corrected chi connectivity index (χ4v) is 1.63. The lowest BCUT2D eigenvalue weighted by molar-refractivity contribution is 0.624. The Hall–Kier alpha value is -2.10. The highest BCUT2D eigenvalue weighted by Crippen LogP contribution is 2.26. The van der Waals surface area contributed by atoms with Gasteiger partial charge in [0.1, 0.15) is 17.7 Å². The van der Waals surface area contributed by atoms with E-state index >= 15 is 0 Å². The summed E-state index contributed by atoms with van der Waals surface area (Å²) in [5.74, 6) is -0.673. The van der Waals surface area contributed by atoms with Gasteiger partial charge in [-0.1, -0.05) is 24.3 Å². The van der Waals surface area contributed by atoms with Gasteiger partial charge in [0.15, 0.2) is 0 Å². The van der Waals surface area contributed by atoms with E-state index in [1.165, 1.54) is 24.3 Å². The molecule has 0 amide bonds. The lowest BCUT2D eigenvalue weighted by atomic mass is 9.99. The van der Waals surface area contributed by atoms with E-state index in [9.17, 15) is 8.78 Å². The Morgan fingerprint density at radius 1 is 0.765 bits per heavy atom. The van der Waals surface area contributed by atoms with Gasteiger partial charge in [0.05, 0.1) is 0 Å². The molecular formula is C13H10F2N2. The van der Waals surface area contributed by atoms with Crippen molar-refractivity contribution in [3.05, 3.63) is 71.3 Å². The van der Waals surface area contributed by atoms with E-state index in [0.29, 0.717) is 11.1 Å². The molecular weight excluding hydrogens is 222 g/mol. The predicted molar refractivity (Wildman–Crippen MR) is 59.8 cm³/mol. The first-order valence-electron chi connectivity index (χ1n) is 5.08. The second-order valence-electron chi connectivity index (χ2n) is 3.63. The van der Waals surface area contributed by atoms with E-state index in [-0.39, 0.29) is 11.6 Å². The maximum Gasteiger partial charge on any atom is 0.123 e. The van der Waals surface area contributed by atoms with Gasteiger partial charge >= 0.3 is 0 Å². The molecule has 2 nitrogen and oxygen atoms in total. The summed E-state index contributed by atoms with van der Waals surface area (Å²) < 4.78 is 25.6. The molecule has 86 valence electrons. The monoisotopic (exact) mass is 232 g/mol. The van der Waals surface area contributed by atoms with Crippen molar-refractivity contribution >= 4 is 0 Å². The molecule has 0 fully saturated rings. The molecule has 17 heavy (non-hydrogen) atoms. The van der Waals surface area contributed by atoms with Crippen molar-refractivity contribution in [1.82, 2.24) is 0 Å². The standard InChI is InChI=1S/C13H10F2N2/c14-11-5-1-9(2-6-11)13(17-16)10-3-7-12(15)8-4-10/h1-8,13,16H. The van der Waals surface area contributed by atoms with E-state index in [1.54, 1.807) is 24.3 Å². The third-order valence-corrected chi connectivity index (χ3v) is 2.50. The largest absolute Gasteiger partial charge is 0.209 e. The Morgan fingerprint density at radius 3 is 1.41 bits per heavy atom. The zero-order valence-electron chi connectivity index (χ0n) is 8.90. The summed E-state index contributed by atoms with van der Waals surface area (Å²) in [4.78, 5) is 0. The molecule has 0 aliphatic rings. The quantitative estimate of drug-likeness (QED) is 0.774. The Morgan fingerprint density at radius 2 is 1.12 bits per heavy atom. The number of nitrogens with one attached hydrogen (secondary N) is 1. The van der Waals surface area contributed by atoms with Crippen LogP contribution in [-0.4, -0.2) is 0 Å². The first-order valence-corrected chi connectivity index (χ1v) is 5.08. The average Bonchev–Trinajstić information content (AvgIpc) is 2.35.